The van der Waals surface area contributed by atoms with Crippen molar-refractivity contribution in [1.82, 2.24) is 0 Å². The number of nitrogens with zero attached hydrogens (tertiary/aromatic N) is 1. The maximum Gasteiger partial charge on any atom is 0.230 e. The fourth-order valence-corrected chi connectivity index (χ4v) is 3.58. The van der Waals surface area contributed by atoms with Crippen molar-refractivity contribution in [1.29, 1.82) is 0 Å². The summed E-state index contributed by atoms with van der Waals surface area (Å²) in [6, 6.07) is 13.0. The zero-order valence-electron chi connectivity index (χ0n) is 15.5. The van der Waals surface area contributed by atoms with Gasteiger partial charge in [0.15, 0.2) is 0 Å². The number of piperazine rings is 1. The van der Waals surface area contributed by atoms with Crippen LogP contribution in [-0.2, 0) is 4.79 Å². The average Bonchev–Trinajstić information content (AvgIpc) is 2.60. The molecule has 0 aromatic heterocycles. The summed E-state index contributed by atoms with van der Waals surface area (Å²) < 4.78 is 13.9. The van der Waals surface area contributed by atoms with Crippen molar-refractivity contribution in [3.05, 3.63) is 59.4 Å². The van der Waals surface area contributed by atoms with Crippen molar-refractivity contribution < 1.29 is 14.1 Å². The van der Waals surface area contributed by atoms with E-state index in [4.69, 9.17) is 0 Å². The molecule has 1 saturated heterocycles. The summed E-state index contributed by atoms with van der Waals surface area (Å²) in [6.07, 6.45) is 0.502. The van der Waals surface area contributed by atoms with Crippen LogP contribution in [-0.4, -0.2) is 38.6 Å². The molecule has 0 radical (unpaired) electrons. The number of carbonyl (C=O) groups is 1. The van der Waals surface area contributed by atoms with Gasteiger partial charge in [-0.1, -0.05) is 18.2 Å². The summed E-state index contributed by atoms with van der Waals surface area (Å²) in [5.74, 6) is -0.109. The van der Waals surface area contributed by atoms with Gasteiger partial charge in [-0.2, -0.15) is 0 Å². The lowest BCUT2D eigenvalue weighted by Gasteiger charge is -2.33. The molecular weight excluding hydrogens is 329 g/mol. The number of hydrogen-bond donors (Lipinski definition) is 2. The monoisotopic (exact) mass is 356 g/mol. The second-order valence-electron chi connectivity index (χ2n) is 7.11. The van der Waals surface area contributed by atoms with E-state index in [1.807, 2.05) is 38.1 Å². The number of nitrogens with one attached hydrogen (secondary N) is 2. The number of carbonyl (C=O) groups excluding carboxylic acids is 1. The minimum atomic E-state index is -0.163. The van der Waals surface area contributed by atoms with E-state index in [0.717, 1.165) is 49.5 Å². The fraction of sp³-hybridized carbons (Fsp3) is 0.381. The lowest BCUT2D eigenvalue weighted by molar-refractivity contribution is -0.900. The van der Waals surface area contributed by atoms with Crippen molar-refractivity contribution in [2.75, 3.05) is 42.9 Å². The van der Waals surface area contributed by atoms with Gasteiger partial charge in [0.05, 0.1) is 44.8 Å². The molecule has 26 heavy (non-hydrogen) atoms. The number of benzene rings is 2. The fourth-order valence-electron chi connectivity index (χ4n) is 3.58. The molecule has 1 fully saturated rings. The third kappa shape index (κ3) is 4.82. The van der Waals surface area contributed by atoms with Crippen molar-refractivity contribution in [2.45, 2.75) is 20.3 Å². The number of quaternary nitrogens is 1. The summed E-state index contributed by atoms with van der Waals surface area (Å²) in [5.41, 5.74) is 3.84. The predicted octanol–water partition coefficient (Wildman–Crippen LogP) is 2.18. The van der Waals surface area contributed by atoms with E-state index in [1.54, 1.807) is 6.07 Å². The second-order valence-corrected chi connectivity index (χ2v) is 7.11. The highest BCUT2D eigenvalue weighted by Gasteiger charge is 2.22. The zero-order chi connectivity index (χ0) is 18.5. The van der Waals surface area contributed by atoms with E-state index in [-0.39, 0.29) is 11.7 Å². The molecule has 3 rings (SSSR count). The van der Waals surface area contributed by atoms with E-state index in [9.17, 15) is 9.18 Å². The third-order valence-electron chi connectivity index (χ3n) is 4.87. The molecule has 2 aromatic rings. The Morgan fingerprint density at radius 2 is 1.77 bits per heavy atom. The number of hydrogen-bond acceptors (Lipinski definition) is 2. The van der Waals surface area contributed by atoms with Gasteiger partial charge in [0.25, 0.3) is 0 Å². The van der Waals surface area contributed by atoms with Crippen LogP contribution in [0.4, 0.5) is 15.8 Å². The molecule has 0 atom stereocenters. The first-order chi connectivity index (χ1) is 12.5. The summed E-state index contributed by atoms with van der Waals surface area (Å²) in [7, 11) is 0. The highest BCUT2D eigenvalue weighted by Crippen LogP contribution is 2.18. The predicted molar refractivity (Wildman–Crippen MR) is 103 cm³/mol. The van der Waals surface area contributed by atoms with Crippen molar-refractivity contribution >= 4 is 17.3 Å². The van der Waals surface area contributed by atoms with E-state index in [2.05, 4.69) is 16.3 Å². The minimum Gasteiger partial charge on any atom is -0.358 e. The molecule has 1 aliphatic rings. The van der Waals surface area contributed by atoms with Gasteiger partial charge in [-0.25, -0.2) is 4.39 Å². The molecule has 2 aromatic carbocycles. The molecule has 0 bridgehead atoms. The van der Waals surface area contributed by atoms with Crippen LogP contribution in [0.2, 0.25) is 0 Å². The summed E-state index contributed by atoms with van der Waals surface area (Å²) in [6.45, 7) is 8.34. The lowest BCUT2D eigenvalue weighted by Crippen LogP contribution is -3.15. The van der Waals surface area contributed by atoms with Gasteiger partial charge < -0.3 is 15.1 Å². The van der Waals surface area contributed by atoms with Crippen LogP contribution in [0.5, 0.6) is 0 Å². The molecule has 138 valence electrons. The first kappa shape index (κ1) is 18.4. The van der Waals surface area contributed by atoms with Crippen molar-refractivity contribution in [2.24, 2.45) is 0 Å². The number of para-hydroxylation sites is 1. The standard InChI is InChI=1S/C21H26FN3O/c1-16-13-17(2)15-18(14-16)23-21(26)7-8-24-9-11-25(12-10-24)20-6-4-3-5-19(20)22/h3-6,13-15H,7-12H2,1-2H3,(H,23,26)/p+1. The van der Waals surface area contributed by atoms with Gasteiger partial charge in [0.2, 0.25) is 5.91 Å². The van der Waals surface area contributed by atoms with E-state index >= 15 is 0 Å². The van der Waals surface area contributed by atoms with E-state index < -0.39 is 0 Å². The Balaban J connectivity index is 1.45. The van der Waals surface area contributed by atoms with Gasteiger partial charge >= 0.3 is 0 Å². The molecule has 5 heteroatoms. The molecular formula is C21H27FN3O+. The third-order valence-corrected chi connectivity index (χ3v) is 4.87. The van der Waals surface area contributed by atoms with Crippen LogP contribution in [0.25, 0.3) is 0 Å². The highest BCUT2D eigenvalue weighted by atomic mass is 19.1. The lowest BCUT2D eigenvalue weighted by atomic mass is 10.1. The number of anilines is 2. The molecule has 0 spiro atoms. The van der Waals surface area contributed by atoms with Crippen LogP contribution in [0.3, 0.4) is 0 Å². The number of rotatable bonds is 5. The summed E-state index contributed by atoms with van der Waals surface area (Å²) >= 11 is 0. The first-order valence-corrected chi connectivity index (χ1v) is 9.22. The van der Waals surface area contributed by atoms with E-state index in [1.165, 1.54) is 11.0 Å². The zero-order valence-corrected chi connectivity index (χ0v) is 15.5. The molecule has 2 N–H and O–H groups in total. The van der Waals surface area contributed by atoms with E-state index in [0.29, 0.717) is 12.1 Å². The summed E-state index contributed by atoms with van der Waals surface area (Å²) in [5, 5.41) is 2.99. The maximum absolute atomic E-state index is 13.9. The van der Waals surface area contributed by atoms with Crippen LogP contribution < -0.4 is 15.1 Å². The first-order valence-electron chi connectivity index (χ1n) is 9.22. The molecule has 0 aliphatic carbocycles. The molecule has 0 unspecified atom stereocenters. The van der Waals surface area contributed by atoms with Crippen LogP contribution in [0.15, 0.2) is 42.5 Å². The average molecular weight is 356 g/mol. The van der Waals surface area contributed by atoms with Gasteiger partial charge in [-0.05, 0) is 49.2 Å². The van der Waals surface area contributed by atoms with Gasteiger partial charge in [-0.15, -0.1) is 0 Å². The number of halogens is 1. The maximum atomic E-state index is 13.9. The Hall–Kier alpha value is -2.40. The van der Waals surface area contributed by atoms with Crippen LogP contribution in [0, 0.1) is 19.7 Å². The quantitative estimate of drug-likeness (QED) is 0.862. The highest BCUT2D eigenvalue weighted by molar-refractivity contribution is 5.90. The Bertz CT molecular complexity index is 749. The molecule has 1 heterocycles. The van der Waals surface area contributed by atoms with Gasteiger partial charge in [-0.3, -0.25) is 4.79 Å². The Morgan fingerprint density at radius 1 is 1.12 bits per heavy atom. The number of amides is 1. The minimum absolute atomic E-state index is 0.0547. The topological polar surface area (TPSA) is 36.8 Å². The van der Waals surface area contributed by atoms with Crippen LogP contribution in [0.1, 0.15) is 17.5 Å². The SMILES string of the molecule is Cc1cc(C)cc(NC(=O)CC[NH+]2CCN(c3ccccc3F)CC2)c1. The Labute approximate surface area is 154 Å². The smallest absolute Gasteiger partial charge is 0.230 e. The largest absolute Gasteiger partial charge is 0.358 e. The van der Waals surface area contributed by atoms with Gasteiger partial charge in [0.1, 0.15) is 5.82 Å². The molecule has 1 aliphatic heterocycles. The van der Waals surface area contributed by atoms with Crippen molar-refractivity contribution in [3.8, 4) is 0 Å². The van der Waals surface area contributed by atoms with Gasteiger partial charge in [0, 0.05) is 5.69 Å². The van der Waals surface area contributed by atoms with Crippen LogP contribution >= 0.6 is 0 Å². The Morgan fingerprint density at radius 3 is 2.42 bits per heavy atom. The second kappa shape index (κ2) is 8.32. The Kier molecular flexibility index (Phi) is 5.89. The molecule has 1 amide bonds. The summed E-state index contributed by atoms with van der Waals surface area (Å²) in [4.78, 5) is 15.7. The molecule has 0 saturated carbocycles. The normalized spacial score (nSPS) is 15.1. The number of aryl methyl sites for hydroxylation is 2. The van der Waals surface area contributed by atoms with Crippen molar-refractivity contribution in [3.63, 3.8) is 0 Å². The molecule has 4 nitrogen and oxygen atoms in total.